The summed E-state index contributed by atoms with van der Waals surface area (Å²) in [6.07, 6.45) is 4.13. The van der Waals surface area contributed by atoms with Crippen LogP contribution in [0.3, 0.4) is 0 Å². The molecule has 1 aliphatic rings. The summed E-state index contributed by atoms with van der Waals surface area (Å²) in [5.41, 5.74) is 0.594. The third kappa shape index (κ3) is 2.98. The van der Waals surface area contributed by atoms with Gasteiger partial charge in [-0.3, -0.25) is 0 Å². The van der Waals surface area contributed by atoms with Crippen molar-refractivity contribution in [2.45, 2.75) is 31.8 Å². The minimum Gasteiger partial charge on any atom is -0.489 e. The quantitative estimate of drug-likeness (QED) is 0.869. The fraction of sp³-hybridized carbons (Fsp3) is 0.500. The Balaban J connectivity index is 1.96. The fourth-order valence-electron chi connectivity index (χ4n) is 2.27. The molecule has 0 aromatic heterocycles. The van der Waals surface area contributed by atoms with E-state index >= 15 is 0 Å². The third-order valence-electron chi connectivity index (χ3n) is 3.35. The minimum atomic E-state index is 0.187. The maximum absolute atomic E-state index is 9.07. The zero-order valence-corrected chi connectivity index (χ0v) is 9.80. The van der Waals surface area contributed by atoms with Gasteiger partial charge in [-0.1, -0.05) is 12.1 Å². The zero-order chi connectivity index (χ0) is 12.1. The van der Waals surface area contributed by atoms with Crippen molar-refractivity contribution in [2.24, 2.45) is 5.92 Å². The van der Waals surface area contributed by atoms with Gasteiger partial charge in [0.1, 0.15) is 11.8 Å². The van der Waals surface area contributed by atoms with Crippen LogP contribution in [0, 0.1) is 17.2 Å². The van der Waals surface area contributed by atoms with Crippen molar-refractivity contribution in [1.82, 2.24) is 0 Å². The van der Waals surface area contributed by atoms with Crippen molar-refractivity contribution in [3.8, 4) is 11.8 Å². The van der Waals surface area contributed by atoms with Gasteiger partial charge >= 0.3 is 0 Å². The molecular formula is C14H17NO2. The second kappa shape index (κ2) is 5.70. The number of rotatable bonds is 3. The molecule has 2 rings (SSSR count). The molecule has 3 nitrogen and oxygen atoms in total. The molecular weight excluding hydrogens is 214 g/mol. The molecule has 0 radical (unpaired) electrons. The van der Waals surface area contributed by atoms with Gasteiger partial charge in [0.25, 0.3) is 0 Å². The van der Waals surface area contributed by atoms with E-state index in [0.717, 1.165) is 25.7 Å². The van der Waals surface area contributed by atoms with E-state index in [-0.39, 0.29) is 12.7 Å². The summed E-state index contributed by atoms with van der Waals surface area (Å²) < 4.78 is 5.87. The van der Waals surface area contributed by atoms with Gasteiger partial charge in [0.05, 0.1) is 11.7 Å². The SMILES string of the molecule is N#Cc1ccccc1OC1CCC(CO)CC1. The van der Waals surface area contributed by atoms with Crippen molar-refractivity contribution in [3.63, 3.8) is 0 Å². The van der Waals surface area contributed by atoms with E-state index in [2.05, 4.69) is 6.07 Å². The highest BCUT2D eigenvalue weighted by Gasteiger charge is 2.22. The highest BCUT2D eigenvalue weighted by atomic mass is 16.5. The monoisotopic (exact) mass is 231 g/mol. The first-order valence-electron chi connectivity index (χ1n) is 6.10. The van der Waals surface area contributed by atoms with Crippen LogP contribution in [0.4, 0.5) is 0 Å². The maximum atomic E-state index is 9.07. The molecule has 0 amide bonds. The smallest absolute Gasteiger partial charge is 0.137 e. The van der Waals surface area contributed by atoms with E-state index in [0.29, 0.717) is 17.2 Å². The zero-order valence-electron chi connectivity index (χ0n) is 9.80. The number of benzene rings is 1. The van der Waals surface area contributed by atoms with Gasteiger partial charge in [-0.2, -0.15) is 5.26 Å². The molecule has 0 saturated heterocycles. The van der Waals surface area contributed by atoms with Crippen molar-refractivity contribution >= 4 is 0 Å². The van der Waals surface area contributed by atoms with Gasteiger partial charge in [0.2, 0.25) is 0 Å². The third-order valence-corrected chi connectivity index (χ3v) is 3.35. The molecule has 1 aromatic rings. The van der Waals surface area contributed by atoms with Gasteiger partial charge in [0, 0.05) is 6.61 Å². The van der Waals surface area contributed by atoms with E-state index in [4.69, 9.17) is 15.1 Å². The lowest BCUT2D eigenvalue weighted by Gasteiger charge is -2.28. The minimum absolute atomic E-state index is 0.187. The van der Waals surface area contributed by atoms with E-state index in [1.165, 1.54) is 0 Å². The van der Waals surface area contributed by atoms with E-state index in [1.807, 2.05) is 18.2 Å². The Morgan fingerprint density at radius 2 is 1.94 bits per heavy atom. The van der Waals surface area contributed by atoms with Gasteiger partial charge in [-0.05, 0) is 43.7 Å². The summed E-state index contributed by atoms with van der Waals surface area (Å²) in [4.78, 5) is 0. The van der Waals surface area contributed by atoms with Gasteiger partial charge in [-0.25, -0.2) is 0 Å². The van der Waals surface area contributed by atoms with Crippen LogP contribution < -0.4 is 4.74 Å². The molecule has 0 aliphatic heterocycles. The first kappa shape index (κ1) is 11.9. The number of para-hydroxylation sites is 1. The lowest BCUT2D eigenvalue weighted by molar-refractivity contribution is 0.104. The molecule has 1 fully saturated rings. The topological polar surface area (TPSA) is 53.2 Å². The predicted molar refractivity (Wildman–Crippen MR) is 64.6 cm³/mol. The Morgan fingerprint density at radius 3 is 2.59 bits per heavy atom. The van der Waals surface area contributed by atoms with Crippen LogP contribution in [0.5, 0.6) is 5.75 Å². The van der Waals surface area contributed by atoms with Crippen molar-refractivity contribution in [2.75, 3.05) is 6.61 Å². The molecule has 0 bridgehead atoms. The summed E-state index contributed by atoms with van der Waals surface area (Å²) >= 11 is 0. The van der Waals surface area contributed by atoms with E-state index in [9.17, 15) is 0 Å². The Labute approximate surface area is 102 Å². The predicted octanol–water partition coefficient (Wildman–Crippen LogP) is 2.49. The normalized spacial score (nSPS) is 24.0. The lowest BCUT2D eigenvalue weighted by atomic mass is 9.88. The molecule has 1 aromatic carbocycles. The maximum Gasteiger partial charge on any atom is 0.137 e. The number of nitrogens with zero attached hydrogens (tertiary/aromatic N) is 1. The van der Waals surface area contributed by atoms with Gasteiger partial charge in [0.15, 0.2) is 0 Å². The molecule has 0 unspecified atom stereocenters. The van der Waals surface area contributed by atoms with Crippen LogP contribution in [0.2, 0.25) is 0 Å². The Bertz CT molecular complexity index is 403. The first-order valence-corrected chi connectivity index (χ1v) is 6.10. The first-order chi connectivity index (χ1) is 8.33. The standard InChI is InChI=1S/C14H17NO2/c15-9-12-3-1-2-4-14(12)17-13-7-5-11(10-16)6-8-13/h1-4,11,13,16H,5-8,10H2. The van der Waals surface area contributed by atoms with Crippen LogP contribution in [0.1, 0.15) is 31.2 Å². The number of aliphatic hydroxyl groups excluding tert-OH is 1. The average Bonchev–Trinajstić information content (AvgIpc) is 2.40. The van der Waals surface area contributed by atoms with Gasteiger partial charge < -0.3 is 9.84 Å². The number of nitriles is 1. The number of hydrogen-bond donors (Lipinski definition) is 1. The summed E-state index contributed by atoms with van der Waals surface area (Å²) in [5.74, 6) is 1.11. The summed E-state index contributed by atoms with van der Waals surface area (Å²) in [7, 11) is 0. The largest absolute Gasteiger partial charge is 0.489 e. The van der Waals surface area contributed by atoms with Crippen LogP contribution >= 0.6 is 0 Å². The highest BCUT2D eigenvalue weighted by molar-refractivity contribution is 5.42. The Morgan fingerprint density at radius 1 is 1.24 bits per heavy atom. The molecule has 90 valence electrons. The average molecular weight is 231 g/mol. The van der Waals surface area contributed by atoms with Crippen LogP contribution in [-0.4, -0.2) is 17.8 Å². The molecule has 0 atom stereocenters. The van der Waals surface area contributed by atoms with E-state index in [1.54, 1.807) is 6.07 Å². The van der Waals surface area contributed by atoms with E-state index < -0.39 is 0 Å². The summed E-state index contributed by atoms with van der Waals surface area (Å²) in [6, 6.07) is 9.48. The van der Waals surface area contributed by atoms with Crippen LogP contribution in [0.15, 0.2) is 24.3 Å². The Hall–Kier alpha value is -1.53. The molecule has 1 aliphatic carbocycles. The second-order valence-corrected chi connectivity index (χ2v) is 4.55. The number of aliphatic hydroxyl groups is 1. The number of hydrogen-bond acceptors (Lipinski definition) is 3. The fourth-order valence-corrected chi connectivity index (χ4v) is 2.27. The highest BCUT2D eigenvalue weighted by Crippen LogP contribution is 2.28. The molecule has 0 spiro atoms. The summed E-state index contributed by atoms with van der Waals surface area (Å²) in [5, 5.41) is 18.0. The Kier molecular flexibility index (Phi) is 4.00. The van der Waals surface area contributed by atoms with Crippen molar-refractivity contribution in [1.29, 1.82) is 5.26 Å². The second-order valence-electron chi connectivity index (χ2n) is 4.55. The lowest BCUT2D eigenvalue weighted by Crippen LogP contribution is -2.25. The van der Waals surface area contributed by atoms with Crippen LogP contribution in [-0.2, 0) is 0 Å². The van der Waals surface area contributed by atoms with Crippen molar-refractivity contribution in [3.05, 3.63) is 29.8 Å². The number of ether oxygens (including phenoxy) is 1. The summed E-state index contributed by atoms with van der Waals surface area (Å²) in [6.45, 7) is 0.279. The van der Waals surface area contributed by atoms with Crippen molar-refractivity contribution < 1.29 is 9.84 Å². The molecule has 1 N–H and O–H groups in total. The van der Waals surface area contributed by atoms with Gasteiger partial charge in [-0.15, -0.1) is 0 Å². The van der Waals surface area contributed by atoms with Crippen LogP contribution in [0.25, 0.3) is 0 Å². The molecule has 17 heavy (non-hydrogen) atoms. The molecule has 3 heteroatoms. The molecule has 1 saturated carbocycles. The molecule has 0 heterocycles.